The van der Waals surface area contributed by atoms with E-state index in [1.807, 2.05) is 30.3 Å². The van der Waals surface area contributed by atoms with E-state index in [4.69, 9.17) is 14.6 Å². The summed E-state index contributed by atoms with van der Waals surface area (Å²) in [7, 11) is 1.75. The number of carboxylic acids is 1. The van der Waals surface area contributed by atoms with Gasteiger partial charge < -0.3 is 19.5 Å². The molecule has 0 saturated heterocycles. The van der Waals surface area contributed by atoms with Crippen LogP contribution in [0.15, 0.2) is 30.3 Å². The van der Waals surface area contributed by atoms with Crippen LogP contribution >= 0.6 is 0 Å². The van der Waals surface area contributed by atoms with Crippen molar-refractivity contribution in [2.45, 2.75) is 44.4 Å². The van der Waals surface area contributed by atoms with Gasteiger partial charge in [0.1, 0.15) is 13.2 Å². The summed E-state index contributed by atoms with van der Waals surface area (Å²) in [5.41, 5.74) is 0.958. The molecule has 126 valence electrons. The summed E-state index contributed by atoms with van der Waals surface area (Å²) in [6.07, 6.45) is 2.74. The third-order valence-corrected chi connectivity index (χ3v) is 4.13. The van der Waals surface area contributed by atoms with Gasteiger partial charge in [-0.05, 0) is 31.2 Å². The highest BCUT2D eigenvalue weighted by atomic mass is 16.6. The zero-order valence-corrected chi connectivity index (χ0v) is 13.3. The summed E-state index contributed by atoms with van der Waals surface area (Å²) < 4.78 is 10.6. The largest absolute Gasteiger partial charge is 0.480 e. The van der Waals surface area contributed by atoms with Gasteiger partial charge in [-0.3, -0.25) is 0 Å². The number of amides is 1. The van der Waals surface area contributed by atoms with Gasteiger partial charge in [-0.25, -0.2) is 9.59 Å². The first kappa shape index (κ1) is 17.3. The van der Waals surface area contributed by atoms with E-state index in [2.05, 4.69) is 0 Å². The fourth-order valence-electron chi connectivity index (χ4n) is 2.76. The second kappa shape index (κ2) is 8.53. The molecule has 1 N–H and O–H groups in total. The fourth-order valence-corrected chi connectivity index (χ4v) is 2.76. The second-order valence-corrected chi connectivity index (χ2v) is 5.79. The van der Waals surface area contributed by atoms with Crippen LogP contribution in [-0.2, 0) is 20.9 Å². The third kappa shape index (κ3) is 5.56. The molecule has 6 nitrogen and oxygen atoms in total. The van der Waals surface area contributed by atoms with Crippen LogP contribution in [0.5, 0.6) is 0 Å². The predicted molar refractivity (Wildman–Crippen MR) is 84.0 cm³/mol. The van der Waals surface area contributed by atoms with Crippen LogP contribution in [-0.4, -0.2) is 47.9 Å². The maximum absolute atomic E-state index is 12.1. The van der Waals surface area contributed by atoms with E-state index in [1.54, 1.807) is 11.9 Å². The Bertz CT molecular complexity index is 511. The molecule has 1 amide bonds. The predicted octanol–water partition coefficient (Wildman–Crippen LogP) is 2.67. The molecule has 1 aliphatic rings. The van der Waals surface area contributed by atoms with Crippen LogP contribution in [0.1, 0.15) is 31.2 Å². The number of carbonyl (C=O) groups is 2. The molecule has 0 atom stereocenters. The fraction of sp³-hybridized carbons (Fsp3) is 0.529. The van der Waals surface area contributed by atoms with Gasteiger partial charge in [-0.1, -0.05) is 30.3 Å². The summed E-state index contributed by atoms with van der Waals surface area (Å²) in [6.45, 7) is 0.00533. The van der Waals surface area contributed by atoms with E-state index in [-0.39, 0.29) is 31.5 Å². The first-order valence-corrected chi connectivity index (χ1v) is 7.83. The number of rotatable bonds is 6. The quantitative estimate of drug-likeness (QED) is 0.872. The topological polar surface area (TPSA) is 76.1 Å². The summed E-state index contributed by atoms with van der Waals surface area (Å²) in [5, 5.41) is 8.62. The number of ether oxygens (including phenoxy) is 2. The highest BCUT2D eigenvalue weighted by Crippen LogP contribution is 2.25. The number of hydrogen-bond donors (Lipinski definition) is 1. The molecule has 0 heterocycles. The lowest BCUT2D eigenvalue weighted by molar-refractivity contribution is -0.145. The lowest BCUT2D eigenvalue weighted by Gasteiger charge is -2.33. The van der Waals surface area contributed by atoms with Crippen LogP contribution in [0.3, 0.4) is 0 Å². The molecule has 0 bridgehead atoms. The Balaban J connectivity index is 1.72. The molecular formula is C17H23NO5. The van der Waals surface area contributed by atoms with Crippen LogP contribution in [0.25, 0.3) is 0 Å². The third-order valence-electron chi connectivity index (χ3n) is 4.13. The Labute approximate surface area is 136 Å². The molecule has 0 radical (unpaired) electrons. The SMILES string of the molecule is CN(C(=O)OCc1ccccc1)[C@H]1CC[C@H](OCC(=O)O)CC1. The van der Waals surface area contributed by atoms with Gasteiger partial charge in [-0.2, -0.15) is 0 Å². The number of benzene rings is 1. The van der Waals surface area contributed by atoms with Gasteiger partial charge in [-0.15, -0.1) is 0 Å². The number of nitrogens with zero attached hydrogens (tertiary/aromatic N) is 1. The Kier molecular flexibility index (Phi) is 6.40. The molecule has 1 saturated carbocycles. The van der Waals surface area contributed by atoms with Crippen LogP contribution in [0.4, 0.5) is 4.79 Å². The van der Waals surface area contributed by atoms with Crippen molar-refractivity contribution in [3.8, 4) is 0 Å². The van der Waals surface area contributed by atoms with Crippen LogP contribution in [0, 0.1) is 0 Å². The molecular weight excluding hydrogens is 298 g/mol. The lowest BCUT2D eigenvalue weighted by atomic mass is 9.92. The number of carboxylic acid groups (broad SMARTS) is 1. The maximum atomic E-state index is 12.1. The minimum Gasteiger partial charge on any atom is -0.480 e. The molecule has 0 aromatic heterocycles. The van der Waals surface area contributed by atoms with Crippen molar-refractivity contribution in [2.75, 3.05) is 13.7 Å². The average molecular weight is 321 g/mol. The molecule has 2 rings (SSSR count). The monoisotopic (exact) mass is 321 g/mol. The van der Waals surface area contributed by atoms with Crippen molar-refractivity contribution in [3.63, 3.8) is 0 Å². The van der Waals surface area contributed by atoms with Gasteiger partial charge in [0.25, 0.3) is 0 Å². The summed E-state index contributed by atoms with van der Waals surface area (Å²) in [5.74, 6) is -0.950. The van der Waals surface area contributed by atoms with Crippen molar-refractivity contribution >= 4 is 12.1 Å². The molecule has 1 aromatic rings. The van der Waals surface area contributed by atoms with Gasteiger partial charge in [0, 0.05) is 13.1 Å². The first-order chi connectivity index (χ1) is 11.1. The molecule has 1 aliphatic carbocycles. The molecule has 23 heavy (non-hydrogen) atoms. The van der Waals surface area contributed by atoms with Crippen molar-refractivity contribution in [1.29, 1.82) is 0 Å². The smallest absolute Gasteiger partial charge is 0.410 e. The zero-order valence-electron chi connectivity index (χ0n) is 13.3. The number of hydrogen-bond acceptors (Lipinski definition) is 4. The molecule has 0 spiro atoms. The number of aliphatic carboxylic acids is 1. The minimum atomic E-state index is -0.950. The van der Waals surface area contributed by atoms with Gasteiger partial charge in [0.2, 0.25) is 0 Å². The van der Waals surface area contributed by atoms with Crippen molar-refractivity contribution in [2.24, 2.45) is 0 Å². The molecule has 0 unspecified atom stereocenters. The zero-order chi connectivity index (χ0) is 16.7. The van der Waals surface area contributed by atoms with E-state index in [0.29, 0.717) is 0 Å². The van der Waals surface area contributed by atoms with Crippen molar-refractivity contribution < 1.29 is 24.2 Å². The Morgan fingerprint density at radius 1 is 1.17 bits per heavy atom. The van der Waals surface area contributed by atoms with Gasteiger partial charge >= 0.3 is 12.1 Å². The van der Waals surface area contributed by atoms with E-state index >= 15 is 0 Å². The molecule has 0 aliphatic heterocycles. The van der Waals surface area contributed by atoms with Crippen molar-refractivity contribution in [1.82, 2.24) is 4.90 Å². The highest BCUT2D eigenvalue weighted by Gasteiger charge is 2.28. The second-order valence-electron chi connectivity index (χ2n) is 5.79. The minimum absolute atomic E-state index is 0.0314. The average Bonchev–Trinajstić information content (AvgIpc) is 2.58. The van der Waals surface area contributed by atoms with E-state index < -0.39 is 5.97 Å². The molecule has 1 aromatic carbocycles. The normalized spacial score (nSPS) is 20.7. The number of carbonyl (C=O) groups excluding carboxylic acids is 1. The lowest BCUT2D eigenvalue weighted by Crippen LogP contribution is -2.41. The van der Waals surface area contributed by atoms with E-state index in [1.165, 1.54) is 0 Å². The van der Waals surface area contributed by atoms with Crippen molar-refractivity contribution in [3.05, 3.63) is 35.9 Å². The first-order valence-electron chi connectivity index (χ1n) is 7.83. The Morgan fingerprint density at radius 2 is 1.83 bits per heavy atom. The van der Waals surface area contributed by atoms with E-state index in [9.17, 15) is 9.59 Å². The summed E-state index contributed by atoms with van der Waals surface area (Å²) in [4.78, 5) is 24.2. The molecule has 6 heteroatoms. The van der Waals surface area contributed by atoms with Gasteiger partial charge in [0.15, 0.2) is 0 Å². The van der Waals surface area contributed by atoms with E-state index in [0.717, 1.165) is 31.2 Å². The highest BCUT2D eigenvalue weighted by molar-refractivity contribution is 5.68. The summed E-state index contributed by atoms with van der Waals surface area (Å²) in [6, 6.07) is 9.68. The maximum Gasteiger partial charge on any atom is 0.410 e. The standard InChI is InChI=1S/C17H23NO5/c1-18(17(21)23-11-13-5-3-2-4-6-13)14-7-9-15(10-8-14)22-12-16(19)20/h2-6,14-15H,7-12H2,1H3,(H,19,20)/t14-,15-. The van der Waals surface area contributed by atoms with Crippen LogP contribution < -0.4 is 0 Å². The Hall–Kier alpha value is -2.08. The summed E-state index contributed by atoms with van der Waals surface area (Å²) >= 11 is 0. The van der Waals surface area contributed by atoms with Crippen LogP contribution in [0.2, 0.25) is 0 Å². The Morgan fingerprint density at radius 3 is 2.43 bits per heavy atom. The molecule has 1 fully saturated rings. The van der Waals surface area contributed by atoms with Gasteiger partial charge in [0.05, 0.1) is 6.10 Å².